The van der Waals surface area contributed by atoms with Crippen molar-refractivity contribution in [1.82, 2.24) is 10.2 Å². The molecular weight excluding hydrogens is 204 g/mol. The molecule has 86 valence electrons. The Morgan fingerprint density at radius 3 is 3.12 bits per heavy atom. The zero-order chi connectivity index (χ0) is 11.4. The lowest BCUT2D eigenvalue weighted by molar-refractivity contribution is 0.188. The van der Waals surface area contributed by atoms with Gasteiger partial charge in [-0.3, -0.25) is 0 Å². The van der Waals surface area contributed by atoms with Crippen molar-refractivity contribution in [2.45, 2.75) is 13.5 Å². The maximum Gasteiger partial charge on any atom is 0.317 e. The minimum Gasteiger partial charge on any atom is -0.491 e. The van der Waals surface area contributed by atoms with Crippen molar-refractivity contribution in [3.05, 3.63) is 29.8 Å². The van der Waals surface area contributed by atoms with Gasteiger partial charge in [-0.25, -0.2) is 4.79 Å². The normalized spacial score (nSPS) is 14.7. The minimum absolute atomic E-state index is 0.0252. The summed E-state index contributed by atoms with van der Waals surface area (Å²) in [6, 6.07) is 7.82. The third-order valence-corrected chi connectivity index (χ3v) is 2.57. The van der Waals surface area contributed by atoms with E-state index in [1.165, 1.54) is 0 Å². The third kappa shape index (κ3) is 2.27. The van der Waals surface area contributed by atoms with Crippen LogP contribution in [-0.4, -0.2) is 30.6 Å². The summed E-state index contributed by atoms with van der Waals surface area (Å²) in [6.07, 6.45) is 0. The molecular formula is C12H16N2O2. The van der Waals surface area contributed by atoms with Crippen LogP contribution in [0, 0.1) is 0 Å². The van der Waals surface area contributed by atoms with E-state index in [0.29, 0.717) is 26.2 Å². The smallest absolute Gasteiger partial charge is 0.317 e. The molecule has 1 aliphatic heterocycles. The number of fused-ring (bicyclic) bond motifs is 1. The number of hydrogen-bond acceptors (Lipinski definition) is 2. The van der Waals surface area contributed by atoms with Crippen molar-refractivity contribution in [3.63, 3.8) is 0 Å². The minimum atomic E-state index is -0.0252. The second-order valence-corrected chi connectivity index (χ2v) is 3.71. The van der Waals surface area contributed by atoms with Gasteiger partial charge in [0, 0.05) is 12.1 Å². The first-order valence-corrected chi connectivity index (χ1v) is 5.54. The van der Waals surface area contributed by atoms with Gasteiger partial charge in [0.05, 0.1) is 13.1 Å². The SMILES string of the molecule is CCNC(=O)N1CCOc2ccccc2C1. The Labute approximate surface area is 95.2 Å². The highest BCUT2D eigenvalue weighted by Gasteiger charge is 2.18. The van der Waals surface area contributed by atoms with Gasteiger partial charge in [-0.2, -0.15) is 0 Å². The number of ether oxygens (including phenoxy) is 1. The van der Waals surface area contributed by atoms with Crippen molar-refractivity contribution < 1.29 is 9.53 Å². The molecule has 2 rings (SSSR count). The molecule has 1 aliphatic rings. The highest BCUT2D eigenvalue weighted by molar-refractivity contribution is 5.74. The lowest BCUT2D eigenvalue weighted by Crippen LogP contribution is -2.40. The van der Waals surface area contributed by atoms with Crippen LogP contribution in [0.3, 0.4) is 0 Å². The summed E-state index contributed by atoms with van der Waals surface area (Å²) in [7, 11) is 0. The summed E-state index contributed by atoms with van der Waals surface area (Å²) in [6.45, 7) is 4.36. The highest BCUT2D eigenvalue weighted by atomic mass is 16.5. The zero-order valence-electron chi connectivity index (χ0n) is 9.40. The fourth-order valence-electron chi connectivity index (χ4n) is 1.76. The van der Waals surface area contributed by atoms with E-state index in [-0.39, 0.29) is 6.03 Å². The molecule has 1 N–H and O–H groups in total. The molecule has 0 radical (unpaired) electrons. The summed E-state index contributed by atoms with van der Waals surface area (Å²) < 4.78 is 5.59. The van der Waals surface area contributed by atoms with Crippen LogP contribution in [0.25, 0.3) is 0 Å². The quantitative estimate of drug-likeness (QED) is 0.781. The van der Waals surface area contributed by atoms with Crippen LogP contribution in [0.2, 0.25) is 0 Å². The summed E-state index contributed by atoms with van der Waals surface area (Å²) >= 11 is 0. The molecule has 0 aliphatic carbocycles. The molecule has 0 atom stereocenters. The monoisotopic (exact) mass is 220 g/mol. The van der Waals surface area contributed by atoms with Crippen molar-refractivity contribution in [2.24, 2.45) is 0 Å². The number of para-hydroxylation sites is 1. The van der Waals surface area contributed by atoms with E-state index in [1.54, 1.807) is 4.90 Å². The second kappa shape index (κ2) is 4.88. The first-order valence-electron chi connectivity index (χ1n) is 5.54. The number of carbonyl (C=O) groups is 1. The van der Waals surface area contributed by atoms with E-state index in [0.717, 1.165) is 11.3 Å². The molecule has 1 aromatic carbocycles. The largest absolute Gasteiger partial charge is 0.491 e. The van der Waals surface area contributed by atoms with E-state index in [4.69, 9.17) is 4.74 Å². The van der Waals surface area contributed by atoms with Gasteiger partial charge in [0.15, 0.2) is 0 Å². The Hall–Kier alpha value is -1.71. The molecule has 0 saturated heterocycles. The van der Waals surface area contributed by atoms with Crippen LogP contribution in [0.1, 0.15) is 12.5 Å². The van der Waals surface area contributed by atoms with Crippen LogP contribution in [-0.2, 0) is 6.54 Å². The predicted octanol–water partition coefficient (Wildman–Crippen LogP) is 1.61. The molecule has 4 heteroatoms. The molecule has 1 heterocycles. The molecule has 0 unspecified atom stereocenters. The standard InChI is InChI=1S/C12H16N2O2/c1-2-13-12(15)14-7-8-16-11-6-4-3-5-10(11)9-14/h3-6H,2,7-9H2,1H3,(H,13,15). The van der Waals surface area contributed by atoms with Gasteiger partial charge < -0.3 is 15.0 Å². The molecule has 0 spiro atoms. The molecule has 4 nitrogen and oxygen atoms in total. The van der Waals surface area contributed by atoms with Crippen LogP contribution in [0.15, 0.2) is 24.3 Å². The first kappa shape index (κ1) is 10.8. The second-order valence-electron chi connectivity index (χ2n) is 3.71. The van der Waals surface area contributed by atoms with E-state index >= 15 is 0 Å². The lowest BCUT2D eigenvalue weighted by atomic mass is 10.2. The van der Waals surface area contributed by atoms with Crippen molar-refractivity contribution in [2.75, 3.05) is 19.7 Å². The molecule has 2 amide bonds. The average molecular weight is 220 g/mol. The molecule has 0 fully saturated rings. The number of carbonyl (C=O) groups excluding carboxylic acids is 1. The topological polar surface area (TPSA) is 41.6 Å². The Morgan fingerprint density at radius 1 is 1.50 bits per heavy atom. The Bertz CT molecular complexity index is 379. The predicted molar refractivity (Wildman–Crippen MR) is 61.4 cm³/mol. The van der Waals surface area contributed by atoms with Crippen LogP contribution in [0.5, 0.6) is 5.75 Å². The molecule has 0 aromatic heterocycles. The van der Waals surface area contributed by atoms with Gasteiger partial charge in [-0.1, -0.05) is 18.2 Å². The highest BCUT2D eigenvalue weighted by Crippen LogP contribution is 2.22. The van der Waals surface area contributed by atoms with Gasteiger partial charge in [0.2, 0.25) is 0 Å². The van der Waals surface area contributed by atoms with E-state index in [2.05, 4.69) is 5.32 Å². The fraction of sp³-hybridized carbons (Fsp3) is 0.417. The van der Waals surface area contributed by atoms with Crippen LogP contribution < -0.4 is 10.1 Å². The van der Waals surface area contributed by atoms with Crippen LogP contribution in [0.4, 0.5) is 4.79 Å². The summed E-state index contributed by atoms with van der Waals surface area (Å²) in [5.74, 6) is 0.884. The number of rotatable bonds is 1. The third-order valence-electron chi connectivity index (χ3n) is 2.57. The number of amides is 2. The van der Waals surface area contributed by atoms with Gasteiger partial charge in [0.1, 0.15) is 12.4 Å². The van der Waals surface area contributed by atoms with Gasteiger partial charge in [-0.05, 0) is 13.0 Å². The number of urea groups is 1. The Morgan fingerprint density at radius 2 is 2.31 bits per heavy atom. The summed E-state index contributed by atoms with van der Waals surface area (Å²) in [5.41, 5.74) is 1.06. The van der Waals surface area contributed by atoms with Gasteiger partial charge in [0.25, 0.3) is 0 Å². The van der Waals surface area contributed by atoms with Crippen molar-refractivity contribution in [1.29, 1.82) is 0 Å². The average Bonchev–Trinajstić information content (AvgIpc) is 2.51. The number of benzene rings is 1. The van der Waals surface area contributed by atoms with Gasteiger partial charge >= 0.3 is 6.03 Å². The van der Waals surface area contributed by atoms with Crippen molar-refractivity contribution in [3.8, 4) is 5.75 Å². The molecule has 0 saturated carbocycles. The number of nitrogens with one attached hydrogen (secondary N) is 1. The van der Waals surface area contributed by atoms with Crippen molar-refractivity contribution >= 4 is 6.03 Å². The molecule has 16 heavy (non-hydrogen) atoms. The maximum absolute atomic E-state index is 11.7. The summed E-state index contributed by atoms with van der Waals surface area (Å²) in [4.78, 5) is 13.5. The Balaban J connectivity index is 2.13. The zero-order valence-corrected chi connectivity index (χ0v) is 9.40. The maximum atomic E-state index is 11.7. The lowest BCUT2D eigenvalue weighted by Gasteiger charge is -2.19. The van der Waals surface area contributed by atoms with E-state index in [1.807, 2.05) is 31.2 Å². The fourth-order valence-corrected chi connectivity index (χ4v) is 1.76. The van der Waals surface area contributed by atoms with E-state index in [9.17, 15) is 4.79 Å². The molecule has 0 bridgehead atoms. The number of nitrogens with zero attached hydrogens (tertiary/aromatic N) is 1. The van der Waals surface area contributed by atoms with Gasteiger partial charge in [-0.15, -0.1) is 0 Å². The number of hydrogen-bond donors (Lipinski definition) is 1. The van der Waals surface area contributed by atoms with E-state index < -0.39 is 0 Å². The van der Waals surface area contributed by atoms with Crippen LogP contribution >= 0.6 is 0 Å². The Kier molecular flexibility index (Phi) is 3.29. The molecule has 1 aromatic rings. The first-order chi connectivity index (χ1) is 7.81. The summed E-state index contributed by atoms with van der Waals surface area (Å²) in [5, 5.41) is 2.81.